The van der Waals surface area contributed by atoms with Crippen molar-refractivity contribution in [2.75, 3.05) is 13.2 Å². The molecule has 162 valence electrons. The number of hydrogen-bond donors (Lipinski definition) is 1. The molecular weight excluding hydrogens is 376 g/mol. The van der Waals surface area contributed by atoms with Gasteiger partial charge < -0.3 is 15.0 Å². The molecule has 5 heteroatoms. The van der Waals surface area contributed by atoms with E-state index in [0.29, 0.717) is 18.7 Å². The van der Waals surface area contributed by atoms with Gasteiger partial charge in [-0.05, 0) is 57.7 Å². The van der Waals surface area contributed by atoms with Crippen LogP contribution in [0.5, 0.6) is 5.75 Å². The molecule has 0 saturated carbocycles. The SMILES string of the molecule is CC[C@H](C)NC(=O)[C@H](C)N(CCc1ccccc1)C(=O)COc1ccc(C)cc1C. The zero-order chi connectivity index (χ0) is 22.1. The number of nitrogens with zero attached hydrogens (tertiary/aromatic N) is 1. The van der Waals surface area contributed by atoms with E-state index in [1.54, 1.807) is 11.8 Å². The van der Waals surface area contributed by atoms with Gasteiger partial charge in [0.25, 0.3) is 5.91 Å². The molecule has 0 aliphatic heterocycles. The molecule has 2 aromatic rings. The Morgan fingerprint density at radius 1 is 1.07 bits per heavy atom. The number of rotatable bonds is 10. The molecule has 0 aliphatic rings. The molecular formula is C25H34N2O3. The molecule has 1 N–H and O–H groups in total. The fourth-order valence-electron chi connectivity index (χ4n) is 3.22. The lowest BCUT2D eigenvalue weighted by molar-refractivity contribution is -0.141. The number of ether oxygens (including phenoxy) is 1. The summed E-state index contributed by atoms with van der Waals surface area (Å²) in [5.41, 5.74) is 3.26. The molecule has 2 atom stereocenters. The van der Waals surface area contributed by atoms with Gasteiger partial charge in [-0.3, -0.25) is 9.59 Å². The van der Waals surface area contributed by atoms with E-state index in [0.717, 1.165) is 23.1 Å². The largest absolute Gasteiger partial charge is 0.483 e. The Hall–Kier alpha value is -2.82. The van der Waals surface area contributed by atoms with Crippen molar-refractivity contribution in [3.63, 3.8) is 0 Å². The first kappa shape index (κ1) is 23.5. The lowest BCUT2D eigenvalue weighted by atomic mass is 10.1. The van der Waals surface area contributed by atoms with Gasteiger partial charge in [0.05, 0.1) is 0 Å². The summed E-state index contributed by atoms with van der Waals surface area (Å²) < 4.78 is 5.80. The van der Waals surface area contributed by atoms with Crippen molar-refractivity contribution in [2.45, 2.75) is 59.5 Å². The molecule has 2 rings (SSSR count). The fraction of sp³-hybridized carbons (Fsp3) is 0.440. The van der Waals surface area contributed by atoms with E-state index >= 15 is 0 Å². The van der Waals surface area contributed by atoms with Crippen LogP contribution in [0.25, 0.3) is 0 Å². The number of hydrogen-bond acceptors (Lipinski definition) is 3. The van der Waals surface area contributed by atoms with Crippen molar-refractivity contribution >= 4 is 11.8 Å². The van der Waals surface area contributed by atoms with Crippen molar-refractivity contribution in [3.05, 3.63) is 65.2 Å². The Labute approximate surface area is 180 Å². The summed E-state index contributed by atoms with van der Waals surface area (Å²) in [7, 11) is 0. The molecule has 0 heterocycles. The number of carbonyl (C=O) groups excluding carboxylic acids is 2. The van der Waals surface area contributed by atoms with Crippen LogP contribution < -0.4 is 10.1 Å². The van der Waals surface area contributed by atoms with Crippen LogP contribution in [0.3, 0.4) is 0 Å². The minimum absolute atomic E-state index is 0.0671. The second kappa shape index (κ2) is 11.4. The van der Waals surface area contributed by atoms with Gasteiger partial charge in [-0.15, -0.1) is 0 Å². The van der Waals surface area contributed by atoms with Gasteiger partial charge >= 0.3 is 0 Å². The number of carbonyl (C=O) groups is 2. The van der Waals surface area contributed by atoms with E-state index in [2.05, 4.69) is 5.32 Å². The molecule has 0 unspecified atom stereocenters. The van der Waals surface area contributed by atoms with Crippen LogP contribution in [0, 0.1) is 13.8 Å². The van der Waals surface area contributed by atoms with Gasteiger partial charge in [0.1, 0.15) is 11.8 Å². The standard InChI is InChI=1S/C25H34N2O3/c1-6-20(4)26-25(29)21(5)27(15-14-22-10-8-7-9-11-22)24(28)17-30-23-13-12-18(2)16-19(23)3/h7-13,16,20-21H,6,14-15,17H2,1-5H3,(H,26,29)/t20-,21-/m0/s1. The van der Waals surface area contributed by atoms with Crippen molar-refractivity contribution in [1.29, 1.82) is 0 Å². The Morgan fingerprint density at radius 2 is 1.77 bits per heavy atom. The van der Waals surface area contributed by atoms with E-state index in [1.807, 2.05) is 76.2 Å². The molecule has 0 saturated heterocycles. The first-order valence-corrected chi connectivity index (χ1v) is 10.7. The van der Waals surface area contributed by atoms with E-state index in [-0.39, 0.29) is 24.5 Å². The second-order valence-electron chi connectivity index (χ2n) is 7.87. The number of amides is 2. The topological polar surface area (TPSA) is 58.6 Å². The smallest absolute Gasteiger partial charge is 0.261 e. The first-order chi connectivity index (χ1) is 14.3. The van der Waals surface area contributed by atoms with E-state index < -0.39 is 6.04 Å². The molecule has 0 spiro atoms. The maximum atomic E-state index is 13.0. The Bertz CT molecular complexity index is 836. The van der Waals surface area contributed by atoms with Crippen LogP contribution >= 0.6 is 0 Å². The highest BCUT2D eigenvalue weighted by Gasteiger charge is 2.26. The first-order valence-electron chi connectivity index (χ1n) is 10.7. The van der Waals surface area contributed by atoms with Gasteiger partial charge in [0.2, 0.25) is 5.91 Å². The van der Waals surface area contributed by atoms with Crippen LogP contribution in [0.15, 0.2) is 48.5 Å². The zero-order valence-electron chi connectivity index (χ0n) is 18.8. The highest BCUT2D eigenvalue weighted by atomic mass is 16.5. The zero-order valence-corrected chi connectivity index (χ0v) is 18.8. The van der Waals surface area contributed by atoms with Crippen LogP contribution in [0.4, 0.5) is 0 Å². The third-order valence-corrected chi connectivity index (χ3v) is 5.33. The van der Waals surface area contributed by atoms with Gasteiger partial charge in [0, 0.05) is 12.6 Å². The van der Waals surface area contributed by atoms with Crippen LogP contribution in [-0.2, 0) is 16.0 Å². The number of nitrogens with one attached hydrogen (secondary N) is 1. The highest BCUT2D eigenvalue weighted by molar-refractivity contribution is 5.88. The lowest BCUT2D eigenvalue weighted by Crippen LogP contribution is -2.51. The van der Waals surface area contributed by atoms with Crippen LogP contribution in [0.1, 0.15) is 43.9 Å². The molecule has 2 amide bonds. The van der Waals surface area contributed by atoms with Crippen molar-refractivity contribution in [3.8, 4) is 5.75 Å². The Kier molecular flexibility index (Phi) is 8.90. The highest BCUT2D eigenvalue weighted by Crippen LogP contribution is 2.19. The van der Waals surface area contributed by atoms with Gasteiger partial charge in [0.15, 0.2) is 6.61 Å². The molecule has 5 nitrogen and oxygen atoms in total. The third kappa shape index (κ3) is 6.90. The van der Waals surface area contributed by atoms with E-state index in [1.165, 1.54) is 0 Å². The number of aryl methyl sites for hydroxylation is 2. The monoisotopic (exact) mass is 410 g/mol. The Balaban J connectivity index is 2.09. The second-order valence-corrected chi connectivity index (χ2v) is 7.87. The van der Waals surface area contributed by atoms with Crippen LogP contribution in [-0.4, -0.2) is 41.9 Å². The van der Waals surface area contributed by atoms with Crippen LogP contribution in [0.2, 0.25) is 0 Å². The van der Waals surface area contributed by atoms with Gasteiger partial charge in [-0.2, -0.15) is 0 Å². The molecule has 0 fully saturated rings. The summed E-state index contributed by atoms with van der Waals surface area (Å²) in [6.07, 6.45) is 1.52. The fourth-order valence-corrected chi connectivity index (χ4v) is 3.22. The van der Waals surface area contributed by atoms with Gasteiger partial charge in [-0.25, -0.2) is 0 Å². The minimum Gasteiger partial charge on any atom is -0.483 e. The summed E-state index contributed by atoms with van der Waals surface area (Å²) in [5, 5.41) is 2.98. The third-order valence-electron chi connectivity index (χ3n) is 5.33. The summed E-state index contributed by atoms with van der Waals surface area (Å²) in [5.74, 6) is 0.351. The lowest BCUT2D eigenvalue weighted by Gasteiger charge is -2.29. The predicted molar refractivity (Wildman–Crippen MR) is 121 cm³/mol. The summed E-state index contributed by atoms with van der Waals surface area (Å²) >= 11 is 0. The van der Waals surface area contributed by atoms with Crippen molar-refractivity contribution in [2.24, 2.45) is 0 Å². The summed E-state index contributed by atoms with van der Waals surface area (Å²) in [6, 6.07) is 15.3. The van der Waals surface area contributed by atoms with E-state index in [9.17, 15) is 9.59 Å². The maximum Gasteiger partial charge on any atom is 0.261 e. The average molecular weight is 411 g/mol. The normalized spacial score (nSPS) is 12.7. The Morgan fingerprint density at radius 3 is 2.40 bits per heavy atom. The van der Waals surface area contributed by atoms with Crippen molar-refractivity contribution < 1.29 is 14.3 Å². The molecule has 30 heavy (non-hydrogen) atoms. The molecule has 0 aliphatic carbocycles. The predicted octanol–water partition coefficient (Wildman–Crippen LogP) is 4.06. The number of benzene rings is 2. The van der Waals surface area contributed by atoms with E-state index in [4.69, 9.17) is 4.74 Å². The average Bonchev–Trinajstić information content (AvgIpc) is 2.73. The molecule has 0 bridgehead atoms. The molecule has 0 radical (unpaired) electrons. The summed E-state index contributed by atoms with van der Waals surface area (Å²) in [6.45, 7) is 10.1. The van der Waals surface area contributed by atoms with Gasteiger partial charge in [-0.1, -0.05) is 55.0 Å². The summed E-state index contributed by atoms with van der Waals surface area (Å²) in [4.78, 5) is 27.3. The molecule has 0 aromatic heterocycles. The molecule has 2 aromatic carbocycles. The quantitative estimate of drug-likeness (QED) is 0.643. The van der Waals surface area contributed by atoms with Crippen molar-refractivity contribution in [1.82, 2.24) is 10.2 Å². The maximum absolute atomic E-state index is 13.0. The minimum atomic E-state index is -0.571.